The fourth-order valence-corrected chi connectivity index (χ4v) is 3.95. The highest BCUT2D eigenvalue weighted by Gasteiger charge is 2.44. The van der Waals surface area contributed by atoms with E-state index < -0.39 is 35.6 Å². The van der Waals surface area contributed by atoms with Crippen LogP contribution in [0.4, 0.5) is 5.69 Å². The van der Waals surface area contributed by atoms with E-state index in [4.69, 9.17) is 5.73 Å². The first-order valence-corrected chi connectivity index (χ1v) is 10.2. The lowest BCUT2D eigenvalue weighted by Gasteiger charge is -2.27. The standard InChI is InChI=1S/C22H21N5O5/c23-19(29)18-12(4-2-10-25-18)3-1-9-24-13-5-6-14-15(11-13)22(32)27(21(14)31)16-7-8-17(28)26-20(16)30/h2,4-6,10-11,16,24H,1,3,7-9H2,(H2,23,29)(H,26,28,30). The van der Waals surface area contributed by atoms with Crippen LogP contribution >= 0.6 is 0 Å². The van der Waals surface area contributed by atoms with Gasteiger partial charge in [-0.1, -0.05) is 6.07 Å². The van der Waals surface area contributed by atoms with E-state index in [-0.39, 0.29) is 29.7 Å². The number of carbonyl (C=O) groups excluding carboxylic acids is 5. The molecule has 4 rings (SSSR count). The molecule has 1 aromatic carbocycles. The van der Waals surface area contributed by atoms with Crippen molar-refractivity contribution in [2.45, 2.75) is 31.7 Å². The van der Waals surface area contributed by atoms with E-state index >= 15 is 0 Å². The predicted octanol–water partition coefficient (Wildman–Crippen LogP) is 0.626. The summed E-state index contributed by atoms with van der Waals surface area (Å²) in [7, 11) is 0. The van der Waals surface area contributed by atoms with E-state index in [2.05, 4.69) is 15.6 Å². The summed E-state index contributed by atoms with van der Waals surface area (Å²) in [6.45, 7) is 0.547. The molecule has 0 radical (unpaired) electrons. The smallest absolute Gasteiger partial charge is 0.267 e. The van der Waals surface area contributed by atoms with Gasteiger partial charge in [0.25, 0.3) is 17.7 Å². The molecule has 5 amide bonds. The van der Waals surface area contributed by atoms with Crippen molar-refractivity contribution in [1.29, 1.82) is 0 Å². The number of rotatable bonds is 7. The lowest BCUT2D eigenvalue weighted by Crippen LogP contribution is -2.54. The second-order valence-electron chi connectivity index (χ2n) is 7.61. The molecular formula is C22H21N5O5. The predicted molar refractivity (Wildman–Crippen MR) is 113 cm³/mol. The van der Waals surface area contributed by atoms with Crippen molar-refractivity contribution in [3.8, 4) is 0 Å². The van der Waals surface area contributed by atoms with Gasteiger partial charge in [-0.15, -0.1) is 0 Å². The van der Waals surface area contributed by atoms with Crippen LogP contribution in [0.3, 0.4) is 0 Å². The summed E-state index contributed by atoms with van der Waals surface area (Å²) in [6, 6.07) is 7.38. The number of piperidine rings is 1. The molecule has 2 aromatic rings. The van der Waals surface area contributed by atoms with Crippen molar-refractivity contribution in [3.63, 3.8) is 0 Å². The van der Waals surface area contributed by atoms with Gasteiger partial charge >= 0.3 is 0 Å². The summed E-state index contributed by atoms with van der Waals surface area (Å²) in [6.07, 6.45) is 2.97. The van der Waals surface area contributed by atoms with Crippen LogP contribution in [0, 0.1) is 0 Å². The summed E-state index contributed by atoms with van der Waals surface area (Å²) in [4.78, 5) is 65.5. The van der Waals surface area contributed by atoms with Gasteiger partial charge in [-0.25, -0.2) is 0 Å². The molecule has 0 saturated carbocycles. The number of hydrogen-bond donors (Lipinski definition) is 3. The monoisotopic (exact) mass is 435 g/mol. The number of nitrogens with one attached hydrogen (secondary N) is 2. The number of fused-ring (bicyclic) bond motifs is 1. The quantitative estimate of drug-likeness (QED) is 0.426. The van der Waals surface area contributed by atoms with Gasteiger partial charge in [0, 0.05) is 24.8 Å². The molecule has 3 heterocycles. The fraction of sp³-hybridized carbons (Fsp3) is 0.273. The summed E-state index contributed by atoms with van der Waals surface area (Å²) in [5.74, 6) is -2.72. The second-order valence-corrected chi connectivity index (χ2v) is 7.61. The molecule has 4 N–H and O–H groups in total. The highest BCUT2D eigenvalue weighted by Crippen LogP contribution is 2.29. The van der Waals surface area contributed by atoms with E-state index in [1.54, 1.807) is 30.3 Å². The van der Waals surface area contributed by atoms with E-state index in [1.807, 2.05) is 0 Å². The lowest BCUT2D eigenvalue weighted by molar-refractivity contribution is -0.136. The van der Waals surface area contributed by atoms with Crippen LogP contribution < -0.4 is 16.4 Å². The van der Waals surface area contributed by atoms with Crippen LogP contribution in [0.1, 0.15) is 56.0 Å². The zero-order chi connectivity index (χ0) is 22.8. The SMILES string of the molecule is NC(=O)c1ncccc1CCCNc1ccc2c(c1)C(=O)N(C1CCC(=O)NC1=O)C2=O. The van der Waals surface area contributed by atoms with Crippen LogP contribution in [0.2, 0.25) is 0 Å². The number of amides is 5. The Morgan fingerprint density at radius 1 is 1.16 bits per heavy atom. The molecule has 1 atom stereocenters. The molecule has 1 fully saturated rings. The first-order valence-electron chi connectivity index (χ1n) is 10.2. The van der Waals surface area contributed by atoms with Crippen molar-refractivity contribution in [2.75, 3.05) is 11.9 Å². The second kappa shape index (κ2) is 8.58. The Kier molecular flexibility index (Phi) is 5.67. The number of primary amides is 1. The van der Waals surface area contributed by atoms with Crippen molar-refractivity contribution < 1.29 is 24.0 Å². The summed E-state index contributed by atoms with van der Waals surface area (Å²) in [5, 5.41) is 5.37. The summed E-state index contributed by atoms with van der Waals surface area (Å²) in [5.41, 5.74) is 7.45. The van der Waals surface area contributed by atoms with E-state index in [0.29, 0.717) is 25.1 Å². The topological polar surface area (TPSA) is 152 Å². The first-order chi connectivity index (χ1) is 15.4. The minimum atomic E-state index is -0.990. The third kappa shape index (κ3) is 3.94. The summed E-state index contributed by atoms with van der Waals surface area (Å²) < 4.78 is 0. The maximum Gasteiger partial charge on any atom is 0.267 e. The van der Waals surface area contributed by atoms with Crippen molar-refractivity contribution in [3.05, 3.63) is 58.9 Å². The number of aryl methyl sites for hydroxylation is 1. The average Bonchev–Trinajstić information content (AvgIpc) is 3.01. The van der Waals surface area contributed by atoms with Crippen molar-refractivity contribution in [1.82, 2.24) is 15.2 Å². The van der Waals surface area contributed by atoms with Gasteiger partial charge in [-0.05, 0) is 49.1 Å². The van der Waals surface area contributed by atoms with E-state index in [0.717, 1.165) is 10.5 Å². The molecule has 1 unspecified atom stereocenters. The number of nitrogens with zero attached hydrogens (tertiary/aromatic N) is 2. The normalized spacial score (nSPS) is 17.9. The minimum Gasteiger partial charge on any atom is -0.385 e. The Morgan fingerprint density at radius 3 is 2.69 bits per heavy atom. The molecule has 2 aliphatic rings. The number of benzene rings is 1. The maximum atomic E-state index is 12.9. The van der Waals surface area contributed by atoms with E-state index in [9.17, 15) is 24.0 Å². The number of anilines is 1. The van der Waals surface area contributed by atoms with Crippen LogP contribution in [-0.2, 0) is 16.0 Å². The zero-order valence-corrected chi connectivity index (χ0v) is 17.1. The minimum absolute atomic E-state index is 0.0744. The van der Waals surface area contributed by atoms with Crippen LogP contribution in [-0.4, -0.2) is 52.0 Å². The highest BCUT2D eigenvalue weighted by molar-refractivity contribution is 6.23. The number of carbonyl (C=O) groups is 5. The molecule has 1 saturated heterocycles. The van der Waals surface area contributed by atoms with Gasteiger partial charge in [0.05, 0.1) is 11.1 Å². The zero-order valence-electron chi connectivity index (χ0n) is 17.1. The molecule has 1 aromatic heterocycles. The van der Waals surface area contributed by atoms with Gasteiger partial charge < -0.3 is 11.1 Å². The van der Waals surface area contributed by atoms with Gasteiger partial charge in [0.1, 0.15) is 11.7 Å². The van der Waals surface area contributed by atoms with Gasteiger partial charge in [-0.3, -0.25) is 39.2 Å². The third-order valence-electron chi connectivity index (χ3n) is 5.52. The number of pyridine rings is 1. The number of aromatic nitrogens is 1. The molecule has 10 nitrogen and oxygen atoms in total. The molecule has 10 heteroatoms. The van der Waals surface area contributed by atoms with Gasteiger partial charge in [-0.2, -0.15) is 0 Å². The average molecular weight is 435 g/mol. The Hall–Kier alpha value is -4.08. The first kappa shape index (κ1) is 21.2. The van der Waals surface area contributed by atoms with Crippen LogP contribution in [0.5, 0.6) is 0 Å². The summed E-state index contributed by atoms with van der Waals surface area (Å²) >= 11 is 0. The Labute approximate surface area is 183 Å². The Balaban J connectivity index is 1.40. The molecule has 0 bridgehead atoms. The Bertz CT molecular complexity index is 1150. The maximum absolute atomic E-state index is 12.9. The van der Waals surface area contributed by atoms with E-state index in [1.165, 1.54) is 6.20 Å². The fourth-order valence-electron chi connectivity index (χ4n) is 3.95. The highest BCUT2D eigenvalue weighted by atomic mass is 16.2. The van der Waals surface area contributed by atoms with Gasteiger partial charge in [0.2, 0.25) is 11.8 Å². The molecule has 0 spiro atoms. The van der Waals surface area contributed by atoms with Gasteiger partial charge in [0.15, 0.2) is 0 Å². The number of imide groups is 2. The molecule has 2 aliphatic heterocycles. The van der Waals surface area contributed by atoms with Crippen LogP contribution in [0.15, 0.2) is 36.5 Å². The largest absolute Gasteiger partial charge is 0.385 e. The Morgan fingerprint density at radius 2 is 1.94 bits per heavy atom. The number of hydrogen-bond acceptors (Lipinski definition) is 7. The molecule has 164 valence electrons. The van der Waals surface area contributed by atoms with Crippen LogP contribution in [0.25, 0.3) is 0 Å². The van der Waals surface area contributed by atoms with Crippen molar-refractivity contribution >= 4 is 35.2 Å². The lowest BCUT2D eigenvalue weighted by atomic mass is 10.0. The molecular weight excluding hydrogens is 414 g/mol. The molecule has 32 heavy (non-hydrogen) atoms. The third-order valence-corrected chi connectivity index (χ3v) is 5.52. The molecule has 0 aliphatic carbocycles. The number of nitrogens with two attached hydrogens (primary N) is 1. The van der Waals surface area contributed by atoms with Crippen molar-refractivity contribution in [2.24, 2.45) is 5.73 Å².